The van der Waals surface area contributed by atoms with Crippen molar-refractivity contribution >= 4 is 49.9 Å². The zero-order chi connectivity index (χ0) is 19.5. The van der Waals surface area contributed by atoms with Gasteiger partial charge in [0, 0.05) is 9.26 Å². The first kappa shape index (κ1) is 20.7. The van der Waals surface area contributed by atoms with Crippen molar-refractivity contribution in [2.24, 2.45) is 0 Å². The SMILES string of the molecule is CC[C@H](C(=O)Nc1ccc(I)cc1)N(c1ccc(C)c(C)c1)S(C)(=O)=O. The Balaban J connectivity index is 2.39. The van der Waals surface area contributed by atoms with Crippen LogP contribution in [0.5, 0.6) is 0 Å². The second kappa shape index (κ2) is 8.39. The molecule has 0 unspecified atom stereocenters. The van der Waals surface area contributed by atoms with Crippen LogP contribution in [0.3, 0.4) is 0 Å². The van der Waals surface area contributed by atoms with Gasteiger partial charge in [0.25, 0.3) is 0 Å². The van der Waals surface area contributed by atoms with Crippen LogP contribution >= 0.6 is 22.6 Å². The lowest BCUT2D eigenvalue weighted by Crippen LogP contribution is -2.47. The van der Waals surface area contributed by atoms with Gasteiger partial charge in [-0.15, -0.1) is 0 Å². The highest BCUT2D eigenvalue weighted by Gasteiger charge is 2.31. The van der Waals surface area contributed by atoms with Gasteiger partial charge < -0.3 is 5.32 Å². The molecule has 0 radical (unpaired) electrons. The monoisotopic (exact) mass is 486 g/mol. The minimum absolute atomic E-state index is 0.350. The van der Waals surface area contributed by atoms with Crippen LogP contribution in [0.1, 0.15) is 24.5 Å². The number of sulfonamides is 1. The van der Waals surface area contributed by atoms with E-state index in [4.69, 9.17) is 0 Å². The standard InChI is InChI=1S/C19H23IN2O3S/c1-5-18(19(23)21-16-9-7-15(20)8-10-16)22(26(4,24)25)17-11-6-13(2)14(3)12-17/h6-12,18H,5H2,1-4H3,(H,21,23)/t18-/m1/s1. The van der Waals surface area contributed by atoms with E-state index in [-0.39, 0.29) is 5.91 Å². The molecule has 0 spiro atoms. The summed E-state index contributed by atoms with van der Waals surface area (Å²) in [6, 6.07) is 11.9. The molecule has 1 amide bonds. The van der Waals surface area contributed by atoms with Crippen LogP contribution < -0.4 is 9.62 Å². The molecule has 1 atom stereocenters. The molecule has 0 bridgehead atoms. The summed E-state index contributed by atoms with van der Waals surface area (Å²) in [6.07, 6.45) is 1.49. The number of hydrogen-bond acceptors (Lipinski definition) is 3. The Bertz CT molecular complexity index is 896. The first-order valence-electron chi connectivity index (χ1n) is 8.26. The van der Waals surface area contributed by atoms with Crippen LogP contribution in [-0.4, -0.2) is 26.6 Å². The van der Waals surface area contributed by atoms with E-state index in [1.54, 1.807) is 31.2 Å². The fraction of sp³-hybridized carbons (Fsp3) is 0.316. The molecule has 0 saturated heterocycles. The number of anilines is 2. The predicted octanol–water partition coefficient (Wildman–Crippen LogP) is 4.09. The van der Waals surface area contributed by atoms with Crippen molar-refractivity contribution in [3.05, 3.63) is 57.2 Å². The zero-order valence-corrected chi connectivity index (χ0v) is 18.3. The van der Waals surface area contributed by atoms with E-state index in [0.717, 1.165) is 21.0 Å². The Morgan fingerprint density at radius 2 is 1.73 bits per heavy atom. The third kappa shape index (κ3) is 4.97. The number of nitrogens with one attached hydrogen (secondary N) is 1. The van der Waals surface area contributed by atoms with Crippen LogP contribution in [0.15, 0.2) is 42.5 Å². The molecule has 1 N–H and O–H groups in total. The lowest BCUT2D eigenvalue weighted by molar-refractivity contribution is -0.117. The molecule has 2 aromatic carbocycles. The Morgan fingerprint density at radius 3 is 2.23 bits per heavy atom. The lowest BCUT2D eigenvalue weighted by atomic mass is 10.1. The van der Waals surface area contributed by atoms with Gasteiger partial charge >= 0.3 is 0 Å². The molecule has 2 rings (SSSR count). The number of hydrogen-bond donors (Lipinski definition) is 1. The summed E-state index contributed by atoms with van der Waals surface area (Å²) in [5.41, 5.74) is 3.19. The number of amides is 1. The van der Waals surface area contributed by atoms with Gasteiger partial charge in [-0.05, 0) is 90.4 Å². The number of carbonyl (C=O) groups excluding carboxylic acids is 1. The fourth-order valence-electron chi connectivity index (χ4n) is 2.68. The molecule has 0 saturated carbocycles. The molecule has 0 aliphatic carbocycles. The van der Waals surface area contributed by atoms with Crippen molar-refractivity contribution in [1.82, 2.24) is 0 Å². The van der Waals surface area contributed by atoms with E-state index < -0.39 is 16.1 Å². The summed E-state index contributed by atoms with van der Waals surface area (Å²) in [5, 5.41) is 2.82. The normalized spacial score (nSPS) is 12.5. The van der Waals surface area contributed by atoms with Gasteiger partial charge in [-0.2, -0.15) is 0 Å². The first-order chi connectivity index (χ1) is 12.1. The van der Waals surface area contributed by atoms with Gasteiger partial charge in [0.15, 0.2) is 0 Å². The number of nitrogens with zero attached hydrogens (tertiary/aromatic N) is 1. The number of halogens is 1. The Morgan fingerprint density at radius 1 is 1.12 bits per heavy atom. The van der Waals surface area contributed by atoms with Crippen LogP contribution in [0, 0.1) is 17.4 Å². The van der Waals surface area contributed by atoms with E-state index >= 15 is 0 Å². The quantitative estimate of drug-likeness (QED) is 0.626. The molecule has 26 heavy (non-hydrogen) atoms. The highest BCUT2D eigenvalue weighted by molar-refractivity contribution is 14.1. The molecule has 7 heteroatoms. The number of benzene rings is 2. The zero-order valence-electron chi connectivity index (χ0n) is 15.3. The van der Waals surface area contributed by atoms with Crippen LogP contribution in [0.2, 0.25) is 0 Å². The van der Waals surface area contributed by atoms with Gasteiger partial charge in [0.2, 0.25) is 15.9 Å². The van der Waals surface area contributed by atoms with Crippen molar-refractivity contribution in [1.29, 1.82) is 0 Å². The van der Waals surface area contributed by atoms with Gasteiger partial charge in [-0.25, -0.2) is 8.42 Å². The maximum atomic E-state index is 12.8. The van der Waals surface area contributed by atoms with Gasteiger partial charge in [-0.3, -0.25) is 9.10 Å². The minimum Gasteiger partial charge on any atom is -0.324 e. The lowest BCUT2D eigenvalue weighted by Gasteiger charge is -2.30. The van der Waals surface area contributed by atoms with E-state index in [1.165, 1.54) is 4.31 Å². The van der Waals surface area contributed by atoms with E-state index in [9.17, 15) is 13.2 Å². The Hall–Kier alpha value is -1.61. The van der Waals surface area contributed by atoms with Crippen molar-refractivity contribution < 1.29 is 13.2 Å². The Labute approximate surface area is 169 Å². The molecule has 140 valence electrons. The number of aryl methyl sites for hydroxylation is 2. The Kier molecular flexibility index (Phi) is 6.68. The van der Waals surface area contributed by atoms with Crippen molar-refractivity contribution in [2.75, 3.05) is 15.9 Å². The average molecular weight is 486 g/mol. The molecule has 0 aliphatic rings. The average Bonchev–Trinajstić information content (AvgIpc) is 2.56. The third-order valence-electron chi connectivity index (χ3n) is 4.19. The number of carbonyl (C=O) groups is 1. The topological polar surface area (TPSA) is 66.5 Å². The predicted molar refractivity (Wildman–Crippen MR) is 115 cm³/mol. The third-order valence-corrected chi connectivity index (χ3v) is 6.09. The van der Waals surface area contributed by atoms with Gasteiger partial charge in [-0.1, -0.05) is 13.0 Å². The summed E-state index contributed by atoms with van der Waals surface area (Å²) >= 11 is 2.19. The second-order valence-electron chi connectivity index (χ2n) is 6.25. The largest absolute Gasteiger partial charge is 0.324 e. The number of rotatable bonds is 6. The van der Waals surface area contributed by atoms with Crippen molar-refractivity contribution in [3.63, 3.8) is 0 Å². The summed E-state index contributed by atoms with van der Waals surface area (Å²) in [4.78, 5) is 12.8. The van der Waals surface area contributed by atoms with Gasteiger partial charge in [0.05, 0.1) is 11.9 Å². The van der Waals surface area contributed by atoms with Crippen LogP contribution in [-0.2, 0) is 14.8 Å². The molecular weight excluding hydrogens is 463 g/mol. The highest BCUT2D eigenvalue weighted by atomic mass is 127. The maximum absolute atomic E-state index is 12.8. The van der Waals surface area contributed by atoms with E-state index in [2.05, 4.69) is 27.9 Å². The molecular formula is C19H23IN2O3S. The smallest absolute Gasteiger partial charge is 0.248 e. The summed E-state index contributed by atoms with van der Waals surface area (Å²) < 4.78 is 27.2. The minimum atomic E-state index is -3.63. The highest BCUT2D eigenvalue weighted by Crippen LogP contribution is 2.25. The second-order valence-corrected chi connectivity index (χ2v) is 9.35. The van der Waals surface area contributed by atoms with E-state index in [1.807, 2.05) is 32.0 Å². The van der Waals surface area contributed by atoms with Gasteiger partial charge in [0.1, 0.15) is 6.04 Å². The van der Waals surface area contributed by atoms with E-state index in [0.29, 0.717) is 17.8 Å². The van der Waals surface area contributed by atoms with Crippen molar-refractivity contribution in [2.45, 2.75) is 33.2 Å². The fourth-order valence-corrected chi connectivity index (χ4v) is 4.24. The molecule has 5 nitrogen and oxygen atoms in total. The summed E-state index contributed by atoms with van der Waals surface area (Å²) in [5.74, 6) is -0.350. The maximum Gasteiger partial charge on any atom is 0.248 e. The summed E-state index contributed by atoms with van der Waals surface area (Å²) in [7, 11) is -3.63. The first-order valence-corrected chi connectivity index (χ1v) is 11.2. The molecule has 2 aromatic rings. The summed E-state index contributed by atoms with van der Waals surface area (Å²) in [6.45, 7) is 5.69. The molecule has 0 aliphatic heterocycles. The molecule has 0 aromatic heterocycles. The van der Waals surface area contributed by atoms with Crippen LogP contribution in [0.4, 0.5) is 11.4 Å². The molecule has 0 fully saturated rings. The van der Waals surface area contributed by atoms with Crippen LogP contribution in [0.25, 0.3) is 0 Å². The van der Waals surface area contributed by atoms with Crippen molar-refractivity contribution in [3.8, 4) is 0 Å². The molecule has 0 heterocycles.